The van der Waals surface area contributed by atoms with Crippen LogP contribution in [0.5, 0.6) is 11.5 Å². The monoisotopic (exact) mass is 463 g/mol. The van der Waals surface area contributed by atoms with Gasteiger partial charge in [-0.1, -0.05) is 60.7 Å². The first-order valence-corrected chi connectivity index (χ1v) is 11.9. The molecule has 5 heteroatoms. The molecule has 2 N–H and O–H groups in total. The Morgan fingerprint density at radius 1 is 0.657 bits per heavy atom. The zero-order valence-corrected chi connectivity index (χ0v) is 19.6. The van der Waals surface area contributed by atoms with Crippen molar-refractivity contribution in [3.05, 3.63) is 126 Å². The molecular formula is C30H29N3O2. The third-order valence-electron chi connectivity index (χ3n) is 6.41. The number of piperazine rings is 1. The molecule has 4 aromatic carbocycles. The van der Waals surface area contributed by atoms with Gasteiger partial charge in [-0.15, -0.1) is 0 Å². The maximum atomic E-state index is 13.2. The number of anilines is 1. The Hall–Kier alpha value is -4.09. The number of nitrogens with zero attached hydrogens (tertiary/aromatic N) is 2. The molecule has 1 fully saturated rings. The van der Waals surface area contributed by atoms with Crippen LogP contribution < -0.4 is 10.5 Å². The topological polar surface area (TPSA) is 58.8 Å². The summed E-state index contributed by atoms with van der Waals surface area (Å²) in [5.74, 6) is 1.45. The summed E-state index contributed by atoms with van der Waals surface area (Å²) >= 11 is 0. The van der Waals surface area contributed by atoms with Gasteiger partial charge in [0.25, 0.3) is 5.91 Å². The molecule has 0 unspecified atom stereocenters. The predicted molar refractivity (Wildman–Crippen MR) is 140 cm³/mol. The van der Waals surface area contributed by atoms with E-state index in [-0.39, 0.29) is 11.9 Å². The van der Waals surface area contributed by atoms with E-state index < -0.39 is 0 Å². The van der Waals surface area contributed by atoms with E-state index in [2.05, 4.69) is 53.4 Å². The van der Waals surface area contributed by atoms with E-state index in [0.717, 1.165) is 13.1 Å². The van der Waals surface area contributed by atoms with Crippen molar-refractivity contribution in [2.75, 3.05) is 31.9 Å². The molecule has 0 aliphatic carbocycles. The van der Waals surface area contributed by atoms with Crippen molar-refractivity contribution in [3.63, 3.8) is 0 Å². The van der Waals surface area contributed by atoms with Gasteiger partial charge in [-0.05, 0) is 59.7 Å². The van der Waals surface area contributed by atoms with Crippen LogP contribution in [0.2, 0.25) is 0 Å². The van der Waals surface area contributed by atoms with Gasteiger partial charge in [0.15, 0.2) is 0 Å². The molecule has 1 aliphatic rings. The van der Waals surface area contributed by atoms with Crippen LogP contribution in [0.25, 0.3) is 0 Å². The van der Waals surface area contributed by atoms with Crippen LogP contribution in [0, 0.1) is 0 Å². The molecule has 4 aromatic rings. The molecule has 0 bridgehead atoms. The van der Waals surface area contributed by atoms with Gasteiger partial charge >= 0.3 is 0 Å². The highest BCUT2D eigenvalue weighted by atomic mass is 16.5. The molecule has 0 radical (unpaired) electrons. The van der Waals surface area contributed by atoms with Gasteiger partial charge in [0.2, 0.25) is 0 Å². The lowest BCUT2D eigenvalue weighted by Gasteiger charge is -2.39. The van der Waals surface area contributed by atoms with Crippen molar-refractivity contribution in [2.45, 2.75) is 6.04 Å². The zero-order valence-electron chi connectivity index (χ0n) is 19.6. The zero-order chi connectivity index (χ0) is 24.0. The summed E-state index contributed by atoms with van der Waals surface area (Å²) in [6.07, 6.45) is 0. The second-order valence-electron chi connectivity index (χ2n) is 8.75. The summed E-state index contributed by atoms with van der Waals surface area (Å²) in [6.45, 7) is 3.02. The molecule has 5 rings (SSSR count). The van der Waals surface area contributed by atoms with Crippen LogP contribution in [0.1, 0.15) is 27.5 Å². The summed E-state index contributed by atoms with van der Waals surface area (Å²) in [5, 5.41) is 0. The minimum Gasteiger partial charge on any atom is -0.457 e. The van der Waals surface area contributed by atoms with Crippen molar-refractivity contribution in [1.82, 2.24) is 9.80 Å². The third kappa shape index (κ3) is 5.36. The number of hydrogen-bond donors (Lipinski definition) is 1. The van der Waals surface area contributed by atoms with Crippen LogP contribution in [0.15, 0.2) is 109 Å². The molecule has 1 aliphatic heterocycles. The normalized spacial score (nSPS) is 14.1. The highest BCUT2D eigenvalue weighted by Crippen LogP contribution is 2.30. The van der Waals surface area contributed by atoms with Crippen LogP contribution in [-0.4, -0.2) is 41.9 Å². The Morgan fingerprint density at radius 3 is 1.66 bits per heavy atom. The van der Waals surface area contributed by atoms with Crippen molar-refractivity contribution in [1.29, 1.82) is 0 Å². The molecule has 5 nitrogen and oxygen atoms in total. The van der Waals surface area contributed by atoms with Crippen molar-refractivity contribution in [3.8, 4) is 11.5 Å². The van der Waals surface area contributed by atoms with Gasteiger partial charge in [0.1, 0.15) is 11.5 Å². The van der Waals surface area contributed by atoms with Gasteiger partial charge in [-0.25, -0.2) is 0 Å². The summed E-state index contributed by atoms with van der Waals surface area (Å²) in [6, 6.07) is 35.9. The molecule has 35 heavy (non-hydrogen) atoms. The van der Waals surface area contributed by atoms with Crippen molar-refractivity contribution >= 4 is 11.6 Å². The van der Waals surface area contributed by atoms with Crippen molar-refractivity contribution in [2.24, 2.45) is 0 Å². The number of ether oxygens (including phenoxy) is 1. The molecule has 0 saturated carbocycles. The Labute approximate surface area is 206 Å². The number of carbonyl (C=O) groups excluding carboxylic acids is 1. The van der Waals surface area contributed by atoms with Gasteiger partial charge in [0, 0.05) is 37.4 Å². The lowest BCUT2D eigenvalue weighted by atomic mass is 9.96. The minimum absolute atomic E-state index is 0.0552. The molecule has 1 saturated heterocycles. The predicted octanol–water partition coefficient (Wildman–Crippen LogP) is 5.61. The molecule has 0 aromatic heterocycles. The maximum Gasteiger partial charge on any atom is 0.253 e. The van der Waals surface area contributed by atoms with Gasteiger partial charge < -0.3 is 15.4 Å². The fourth-order valence-corrected chi connectivity index (χ4v) is 4.59. The van der Waals surface area contributed by atoms with Gasteiger partial charge in [-0.2, -0.15) is 0 Å². The Morgan fingerprint density at radius 2 is 1.14 bits per heavy atom. The number of rotatable bonds is 6. The number of carbonyl (C=O) groups is 1. The average Bonchev–Trinajstić information content (AvgIpc) is 2.92. The van der Waals surface area contributed by atoms with E-state index in [4.69, 9.17) is 10.5 Å². The quantitative estimate of drug-likeness (QED) is 0.378. The first kappa shape index (κ1) is 22.7. The standard InChI is InChI=1S/C30H29N3O2/c31-26-13-17-28(18-14-26)35-27-15-11-25(12-16-27)30(34)33-21-19-32(20-22-33)29(23-7-3-1-4-8-23)24-9-5-2-6-10-24/h1-18,29H,19-22,31H2. The second kappa shape index (κ2) is 10.5. The number of hydrogen-bond acceptors (Lipinski definition) is 4. The summed E-state index contributed by atoms with van der Waals surface area (Å²) in [4.78, 5) is 17.6. The van der Waals surface area contributed by atoms with E-state index in [0.29, 0.717) is 35.8 Å². The fraction of sp³-hybridized carbons (Fsp3) is 0.167. The summed E-state index contributed by atoms with van der Waals surface area (Å²) in [7, 11) is 0. The highest BCUT2D eigenvalue weighted by Gasteiger charge is 2.28. The number of benzene rings is 4. The van der Waals surface area contributed by atoms with Crippen LogP contribution in [-0.2, 0) is 0 Å². The number of nitrogens with two attached hydrogens (primary N) is 1. The molecule has 176 valence electrons. The first-order valence-electron chi connectivity index (χ1n) is 11.9. The van der Waals surface area contributed by atoms with Gasteiger partial charge in [0.05, 0.1) is 6.04 Å². The minimum atomic E-state index is 0.0552. The summed E-state index contributed by atoms with van der Waals surface area (Å²) in [5.41, 5.74) is 9.64. The molecule has 0 spiro atoms. The molecular weight excluding hydrogens is 434 g/mol. The lowest BCUT2D eigenvalue weighted by Crippen LogP contribution is -2.49. The highest BCUT2D eigenvalue weighted by molar-refractivity contribution is 5.94. The SMILES string of the molecule is Nc1ccc(Oc2ccc(C(=O)N3CCN(C(c4ccccc4)c4ccccc4)CC3)cc2)cc1. The van der Waals surface area contributed by atoms with E-state index in [9.17, 15) is 4.79 Å². The third-order valence-corrected chi connectivity index (χ3v) is 6.41. The van der Waals surface area contributed by atoms with Crippen LogP contribution in [0.4, 0.5) is 5.69 Å². The largest absolute Gasteiger partial charge is 0.457 e. The van der Waals surface area contributed by atoms with E-state index >= 15 is 0 Å². The van der Waals surface area contributed by atoms with Crippen LogP contribution >= 0.6 is 0 Å². The van der Waals surface area contributed by atoms with E-state index in [1.165, 1.54) is 11.1 Å². The van der Waals surface area contributed by atoms with E-state index in [1.807, 2.05) is 53.4 Å². The summed E-state index contributed by atoms with van der Waals surface area (Å²) < 4.78 is 5.85. The Balaban J connectivity index is 1.24. The second-order valence-corrected chi connectivity index (χ2v) is 8.75. The molecule has 0 atom stereocenters. The molecule has 1 amide bonds. The Bertz CT molecular complexity index is 1200. The van der Waals surface area contributed by atoms with Gasteiger partial charge in [-0.3, -0.25) is 9.69 Å². The average molecular weight is 464 g/mol. The van der Waals surface area contributed by atoms with E-state index in [1.54, 1.807) is 12.1 Å². The first-order chi connectivity index (χ1) is 17.2. The maximum absolute atomic E-state index is 13.2. The number of nitrogen functional groups attached to an aromatic ring is 1. The van der Waals surface area contributed by atoms with Crippen molar-refractivity contribution < 1.29 is 9.53 Å². The smallest absolute Gasteiger partial charge is 0.253 e. The lowest BCUT2D eigenvalue weighted by molar-refractivity contribution is 0.0597. The fourth-order valence-electron chi connectivity index (χ4n) is 4.59. The Kier molecular flexibility index (Phi) is 6.77. The molecule has 1 heterocycles. The van der Waals surface area contributed by atoms with Crippen LogP contribution in [0.3, 0.4) is 0 Å². The number of amides is 1.